The fraction of sp³-hybridized carbons (Fsp3) is 0.125. The molecule has 5 nitrogen and oxygen atoms in total. The summed E-state index contributed by atoms with van der Waals surface area (Å²) in [6.07, 6.45) is 6.68. The number of benzene rings is 7. The number of hydrogen-bond acceptors (Lipinski definition) is 5. The predicted molar refractivity (Wildman–Crippen MR) is 250 cm³/mol. The van der Waals surface area contributed by atoms with Gasteiger partial charge in [-0.2, -0.15) is 0 Å². The summed E-state index contributed by atoms with van der Waals surface area (Å²) in [5.41, 5.74) is 15.3. The van der Waals surface area contributed by atoms with Crippen molar-refractivity contribution in [3.63, 3.8) is 0 Å². The van der Waals surface area contributed by atoms with Crippen LogP contribution in [0, 0.1) is 0 Å². The van der Waals surface area contributed by atoms with E-state index in [-0.39, 0.29) is 5.41 Å². The molecule has 2 heterocycles. The van der Waals surface area contributed by atoms with Gasteiger partial charge in [-0.3, -0.25) is 0 Å². The minimum Gasteiger partial charge on any atom is -0.228 e. The Bertz CT molecular complexity index is 3180. The average molecular weight is 786 g/mol. The van der Waals surface area contributed by atoms with E-state index in [9.17, 15) is 0 Å². The van der Waals surface area contributed by atoms with Crippen LogP contribution in [0.3, 0.4) is 0 Å². The van der Waals surface area contributed by atoms with Crippen LogP contribution in [0.25, 0.3) is 95.3 Å². The lowest BCUT2D eigenvalue weighted by atomic mass is 9.82. The third-order valence-electron chi connectivity index (χ3n) is 12.5. The SMILES string of the molecule is CC1(C)c2ccccc2-c2ccc(-c3nc(C4=CCCCC4)nc(-c4cccc(-c5cccc(-c6cc(-c7cccc8ccccc78)nc(-c7ccccc7)n6)c5)c4)n3)cc21. The van der Waals surface area contributed by atoms with Crippen LogP contribution in [-0.4, -0.2) is 24.9 Å². The van der Waals surface area contributed by atoms with Gasteiger partial charge in [-0.15, -0.1) is 0 Å². The highest BCUT2D eigenvalue weighted by Gasteiger charge is 2.35. The third kappa shape index (κ3) is 6.73. The lowest BCUT2D eigenvalue weighted by Gasteiger charge is -2.22. The zero-order chi connectivity index (χ0) is 40.9. The van der Waals surface area contributed by atoms with Crippen LogP contribution < -0.4 is 0 Å². The Morgan fingerprint density at radius 3 is 1.80 bits per heavy atom. The van der Waals surface area contributed by atoms with Crippen molar-refractivity contribution >= 4 is 16.3 Å². The fourth-order valence-corrected chi connectivity index (χ4v) is 9.26. The van der Waals surface area contributed by atoms with Gasteiger partial charge in [0.25, 0.3) is 0 Å². The highest BCUT2D eigenvalue weighted by atomic mass is 15.0. The first kappa shape index (κ1) is 36.7. The largest absolute Gasteiger partial charge is 0.228 e. The molecule has 61 heavy (non-hydrogen) atoms. The molecule has 2 aliphatic carbocycles. The first-order valence-corrected chi connectivity index (χ1v) is 21.3. The molecule has 0 atom stereocenters. The van der Waals surface area contributed by atoms with Crippen molar-refractivity contribution < 1.29 is 0 Å². The van der Waals surface area contributed by atoms with E-state index in [2.05, 4.69) is 172 Å². The van der Waals surface area contributed by atoms with Crippen molar-refractivity contribution in [2.45, 2.75) is 44.9 Å². The van der Waals surface area contributed by atoms with Gasteiger partial charge in [0.05, 0.1) is 11.4 Å². The van der Waals surface area contributed by atoms with Crippen molar-refractivity contribution in [2.24, 2.45) is 0 Å². The predicted octanol–water partition coefficient (Wildman–Crippen LogP) is 14.1. The molecule has 0 aliphatic heterocycles. The third-order valence-corrected chi connectivity index (χ3v) is 12.5. The maximum absolute atomic E-state index is 5.22. The maximum Gasteiger partial charge on any atom is 0.164 e. The molecule has 9 aromatic rings. The Morgan fingerprint density at radius 1 is 0.393 bits per heavy atom. The Morgan fingerprint density at radius 2 is 0.984 bits per heavy atom. The second-order valence-electron chi connectivity index (χ2n) is 16.7. The van der Waals surface area contributed by atoms with E-state index in [1.54, 1.807) is 0 Å². The van der Waals surface area contributed by atoms with Gasteiger partial charge < -0.3 is 0 Å². The summed E-state index contributed by atoms with van der Waals surface area (Å²) in [4.78, 5) is 25.9. The monoisotopic (exact) mass is 785 g/mol. The Kier molecular flexibility index (Phi) is 9.04. The molecule has 0 saturated heterocycles. The van der Waals surface area contributed by atoms with Gasteiger partial charge in [0, 0.05) is 33.2 Å². The molecule has 0 amide bonds. The number of allylic oxidation sites excluding steroid dienone is 2. The van der Waals surface area contributed by atoms with Crippen molar-refractivity contribution in [3.8, 4) is 78.9 Å². The molecule has 292 valence electrons. The number of fused-ring (bicyclic) bond motifs is 4. The highest BCUT2D eigenvalue weighted by molar-refractivity contribution is 5.96. The molecule has 0 unspecified atom stereocenters. The lowest BCUT2D eigenvalue weighted by molar-refractivity contribution is 0.660. The molecule has 11 rings (SSSR count). The molecule has 0 N–H and O–H groups in total. The van der Waals surface area contributed by atoms with Crippen LogP contribution in [0.5, 0.6) is 0 Å². The van der Waals surface area contributed by atoms with Gasteiger partial charge in [-0.05, 0) is 99.7 Å². The second kappa shape index (κ2) is 15.0. The minimum absolute atomic E-state index is 0.123. The molecule has 0 fully saturated rings. The number of rotatable bonds is 7. The summed E-state index contributed by atoms with van der Waals surface area (Å²) in [5.74, 6) is 2.85. The fourth-order valence-electron chi connectivity index (χ4n) is 9.26. The Hall–Kier alpha value is -7.37. The summed E-state index contributed by atoms with van der Waals surface area (Å²) < 4.78 is 0. The van der Waals surface area contributed by atoms with Gasteiger partial charge >= 0.3 is 0 Å². The quantitative estimate of drug-likeness (QED) is 0.161. The van der Waals surface area contributed by atoms with Crippen LogP contribution in [0.1, 0.15) is 56.5 Å². The smallest absolute Gasteiger partial charge is 0.164 e. The summed E-state index contributed by atoms with van der Waals surface area (Å²) in [5, 5.41) is 2.34. The summed E-state index contributed by atoms with van der Waals surface area (Å²) in [6.45, 7) is 4.63. The average Bonchev–Trinajstić information content (AvgIpc) is 3.56. The van der Waals surface area contributed by atoms with Crippen LogP contribution >= 0.6 is 0 Å². The minimum atomic E-state index is -0.123. The first-order valence-electron chi connectivity index (χ1n) is 21.3. The first-order chi connectivity index (χ1) is 30.0. The summed E-state index contributed by atoms with van der Waals surface area (Å²) in [6, 6.07) is 59.9. The second-order valence-corrected chi connectivity index (χ2v) is 16.7. The highest BCUT2D eigenvalue weighted by Crippen LogP contribution is 2.49. The molecule has 0 bridgehead atoms. The van der Waals surface area contributed by atoms with Gasteiger partial charge in [0.2, 0.25) is 0 Å². The van der Waals surface area contributed by atoms with E-state index in [1.807, 2.05) is 18.2 Å². The molecular formula is C56H43N5. The Labute approximate surface area is 356 Å². The van der Waals surface area contributed by atoms with Crippen LogP contribution in [0.15, 0.2) is 176 Å². The molecule has 2 aliphatic rings. The number of aromatic nitrogens is 5. The molecular weight excluding hydrogens is 743 g/mol. The van der Waals surface area contributed by atoms with E-state index < -0.39 is 0 Å². The molecule has 5 heteroatoms. The molecule has 7 aromatic carbocycles. The van der Waals surface area contributed by atoms with E-state index in [4.69, 9.17) is 24.9 Å². The summed E-state index contributed by atoms with van der Waals surface area (Å²) in [7, 11) is 0. The van der Waals surface area contributed by atoms with Crippen molar-refractivity contribution in [3.05, 3.63) is 193 Å². The summed E-state index contributed by atoms with van der Waals surface area (Å²) >= 11 is 0. The van der Waals surface area contributed by atoms with Gasteiger partial charge in [-0.25, -0.2) is 24.9 Å². The molecule has 0 saturated carbocycles. The number of nitrogens with zero attached hydrogens (tertiary/aromatic N) is 5. The van der Waals surface area contributed by atoms with E-state index >= 15 is 0 Å². The molecule has 0 spiro atoms. The van der Waals surface area contributed by atoms with Crippen LogP contribution in [-0.2, 0) is 5.41 Å². The maximum atomic E-state index is 5.22. The van der Waals surface area contributed by atoms with Gasteiger partial charge in [-0.1, -0.05) is 166 Å². The van der Waals surface area contributed by atoms with Gasteiger partial charge in [0.1, 0.15) is 0 Å². The zero-order valence-corrected chi connectivity index (χ0v) is 34.3. The van der Waals surface area contributed by atoms with Gasteiger partial charge in [0.15, 0.2) is 23.3 Å². The number of hydrogen-bond donors (Lipinski definition) is 0. The normalized spacial score (nSPS) is 14.0. The molecule has 0 radical (unpaired) electrons. The van der Waals surface area contributed by atoms with E-state index in [0.29, 0.717) is 17.5 Å². The standard InChI is InChI=1S/C56H43N5/c1-56(2)48-29-12-11-27-45(48)46-31-30-43(34-49(46)56)55-60-53(38-19-7-4-8-20-38)59-54(61-55)42-25-14-23-40(33-42)39-22-13-24-41(32-39)50-35-51(58-52(57-50)37-17-5-3-6-18-37)47-28-15-21-36-16-9-10-26-44(36)47/h3,5-6,9-19,21-35H,4,7-8,20H2,1-2H3. The Balaban J connectivity index is 0.997. The lowest BCUT2D eigenvalue weighted by Crippen LogP contribution is -2.15. The van der Waals surface area contributed by atoms with Crippen molar-refractivity contribution in [1.29, 1.82) is 0 Å². The van der Waals surface area contributed by atoms with Crippen molar-refractivity contribution in [1.82, 2.24) is 24.9 Å². The van der Waals surface area contributed by atoms with Crippen LogP contribution in [0.4, 0.5) is 0 Å². The molecule has 2 aromatic heterocycles. The van der Waals surface area contributed by atoms with Crippen molar-refractivity contribution in [2.75, 3.05) is 0 Å². The topological polar surface area (TPSA) is 64.5 Å². The van der Waals surface area contributed by atoms with E-state index in [0.717, 1.165) is 80.8 Å². The van der Waals surface area contributed by atoms with E-state index in [1.165, 1.54) is 39.6 Å². The zero-order valence-electron chi connectivity index (χ0n) is 34.3. The van der Waals surface area contributed by atoms with Crippen LogP contribution in [0.2, 0.25) is 0 Å².